The van der Waals surface area contributed by atoms with Crippen molar-refractivity contribution in [3.8, 4) is 0 Å². The largest absolute Gasteiger partial charge is 0.476 e. The lowest BCUT2D eigenvalue weighted by molar-refractivity contribution is 0.0692. The molecule has 0 aromatic carbocycles. The van der Waals surface area contributed by atoms with E-state index in [4.69, 9.17) is 0 Å². The second kappa shape index (κ2) is 5.70. The first-order valence-electron chi connectivity index (χ1n) is 9.30. The molecule has 0 bridgehead atoms. The van der Waals surface area contributed by atoms with Gasteiger partial charge in [0.15, 0.2) is 10.7 Å². The summed E-state index contributed by atoms with van der Waals surface area (Å²) in [4.78, 5) is 23.2. The van der Waals surface area contributed by atoms with E-state index in [0.29, 0.717) is 0 Å². The van der Waals surface area contributed by atoms with Crippen molar-refractivity contribution in [3.05, 3.63) is 16.3 Å². The van der Waals surface area contributed by atoms with Crippen LogP contribution in [0.25, 0.3) is 4.96 Å². The number of fused-ring (bicyclic) bond motifs is 3. The number of imidazole rings is 1. The van der Waals surface area contributed by atoms with Crippen molar-refractivity contribution in [2.75, 3.05) is 38.1 Å². The quantitative estimate of drug-likeness (QED) is 0.873. The molecule has 1 aliphatic carbocycles. The van der Waals surface area contributed by atoms with Gasteiger partial charge in [0.2, 0.25) is 0 Å². The zero-order valence-corrected chi connectivity index (χ0v) is 17.1. The van der Waals surface area contributed by atoms with Crippen LogP contribution in [0.3, 0.4) is 0 Å². The number of carbonyl (C=O) groups is 1. The molecule has 1 fully saturated rings. The summed E-state index contributed by atoms with van der Waals surface area (Å²) >= 11 is 1.68. The number of rotatable bonds is 2. The highest BCUT2D eigenvalue weighted by atomic mass is 32.1. The van der Waals surface area contributed by atoms with Crippen LogP contribution in [0, 0.1) is 5.41 Å². The fourth-order valence-corrected chi connectivity index (χ4v) is 6.13. The van der Waals surface area contributed by atoms with Crippen molar-refractivity contribution in [2.24, 2.45) is 5.41 Å². The molecule has 2 aromatic rings. The smallest absolute Gasteiger partial charge is 0.358 e. The van der Waals surface area contributed by atoms with Crippen LogP contribution < -0.4 is 4.90 Å². The molecule has 1 N–H and O–H groups in total. The van der Waals surface area contributed by atoms with E-state index in [1.54, 1.807) is 11.3 Å². The monoisotopic (exact) mass is 376 g/mol. The van der Waals surface area contributed by atoms with E-state index >= 15 is 0 Å². The van der Waals surface area contributed by atoms with Gasteiger partial charge in [-0.1, -0.05) is 27.7 Å². The minimum Gasteiger partial charge on any atom is -0.476 e. The Bertz CT molecular complexity index is 872. The number of hydrogen-bond acceptors (Lipinski definition) is 5. The predicted molar refractivity (Wildman–Crippen MR) is 105 cm³/mol. The Morgan fingerprint density at radius 3 is 2.42 bits per heavy atom. The number of thiazole rings is 1. The third-order valence-electron chi connectivity index (χ3n) is 5.73. The van der Waals surface area contributed by atoms with Gasteiger partial charge >= 0.3 is 5.97 Å². The van der Waals surface area contributed by atoms with Gasteiger partial charge in [0.1, 0.15) is 5.82 Å². The molecule has 1 saturated heterocycles. The van der Waals surface area contributed by atoms with Crippen molar-refractivity contribution in [3.63, 3.8) is 0 Å². The van der Waals surface area contributed by atoms with Crippen molar-refractivity contribution in [1.82, 2.24) is 14.3 Å². The summed E-state index contributed by atoms with van der Waals surface area (Å²) in [6, 6.07) is 0. The number of hydrogen-bond donors (Lipinski definition) is 1. The molecule has 3 heterocycles. The average molecular weight is 377 g/mol. The van der Waals surface area contributed by atoms with Crippen LogP contribution in [0.5, 0.6) is 0 Å². The Morgan fingerprint density at radius 1 is 1.15 bits per heavy atom. The van der Waals surface area contributed by atoms with Crippen LogP contribution in [0.2, 0.25) is 0 Å². The van der Waals surface area contributed by atoms with Crippen molar-refractivity contribution in [1.29, 1.82) is 0 Å². The maximum atomic E-state index is 11.9. The highest BCUT2D eigenvalue weighted by Crippen LogP contribution is 2.49. The van der Waals surface area contributed by atoms with Gasteiger partial charge in [-0.05, 0) is 25.3 Å². The van der Waals surface area contributed by atoms with Crippen LogP contribution in [-0.2, 0) is 11.8 Å². The summed E-state index contributed by atoms with van der Waals surface area (Å²) in [5.74, 6) is -0.149. The molecule has 2 aliphatic rings. The fraction of sp³-hybridized carbons (Fsp3) is 0.684. The second-order valence-corrected chi connectivity index (χ2v) is 10.3. The highest BCUT2D eigenvalue weighted by molar-refractivity contribution is 7.17. The molecule has 1 aliphatic heterocycles. The van der Waals surface area contributed by atoms with Gasteiger partial charge < -0.3 is 14.9 Å². The fourth-order valence-electron chi connectivity index (χ4n) is 4.89. The molecule has 0 radical (unpaired) electrons. The van der Waals surface area contributed by atoms with Crippen LogP contribution in [0.1, 0.15) is 55.2 Å². The third-order valence-corrected chi connectivity index (χ3v) is 7.18. The lowest BCUT2D eigenvalue weighted by Gasteiger charge is -2.40. The number of likely N-dealkylation sites (N-methyl/N-ethyl adjacent to an activating group) is 1. The van der Waals surface area contributed by atoms with Crippen molar-refractivity contribution < 1.29 is 9.90 Å². The molecule has 0 atom stereocenters. The first-order valence-corrected chi connectivity index (χ1v) is 10.1. The summed E-state index contributed by atoms with van der Waals surface area (Å²) in [6.45, 7) is 12.8. The molecule has 6 nitrogen and oxygen atoms in total. The van der Waals surface area contributed by atoms with Crippen LogP contribution in [0.4, 0.5) is 5.82 Å². The van der Waals surface area contributed by atoms with E-state index in [1.165, 1.54) is 10.6 Å². The summed E-state index contributed by atoms with van der Waals surface area (Å²) < 4.78 is 2.16. The Morgan fingerprint density at radius 2 is 1.81 bits per heavy atom. The molecule has 0 saturated carbocycles. The molecule has 0 spiro atoms. The molecule has 0 amide bonds. The zero-order chi connectivity index (χ0) is 18.9. The zero-order valence-electron chi connectivity index (χ0n) is 16.3. The van der Waals surface area contributed by atoms with Crippen LogP contribution in [-0.4, -0.2) is 58.6 Å². The number of carboxylic acid groups (broad SMARTS) is 1. The van der Waals surface area contributed by atoms with E-state index in [9.17, 15) is 9.90 Å². The summed E-state index contributed by atoms with van der Waals surface area (Å²) in [7, 11) is 2.11. The lowest BCUT2D eigenvalue weighted by Crippen LogP contribution is -2.45. The minimum absolute atomic E-state index is 0.0885. The second-order valence-electron chi connectivity index (χ2n) is 9.28. The Hall–Kier alpha value is -1.60. The molecular weight excluding hydrogens is 348 g/mol. The van der Waals surface area contributed by atoms with Gasteiger partial charge in [-0.3, -0.25) is 4.40 Å². The Labute approximate surface area is 158 Å². The number of piperazine rings is 1. The summed E-state index contributed by atoms with van der Waals surface area (Å²) in [6.07, 6.45) is 2.09. The van der Waals surface area contributed by atoms with E-state index in [-0.39, 0.29) is 16.5 Å². The van der Waals surface area contributed by atoms with Crippen molar-refractivity contribution >= 4 is 28.1 Å². The average Bonchev–Trinajstić information content (AvgIpc) is 3.04. The topological polar surface area (TPSA) is 61.1 Å². The number of carboxylic acids is 1. The normalized spacial score (nSPS) is 22.6. The first kappa shape index (κ1) is 17.8. The maximum Gasteiger partial charge on any atom is 0.358 e. The molecule has 26 heavy (non-hydrogen) atoms. The standard InChI is InChI=1S/C19H28N4O2S/c1-18(2)10-12-14(19(3,4)11-18)26-17-20-13(16(24)25)15(23(12)17)22-8-6-21(5)7-9-22/h6-11H2,1-5H3,(H,24,25). The Balaban J connectivity index is 1.93. The minimum atomic E-state index is -0.932. The molecule has 142 valence electrons. The lowest BCUT2D eigenvalue weighted by atomic mass is 9.67. The van der Waals surface area contributed by atoms with Gasteiger partial charge in [0.05, 0.1) is 0 Å². The van der Waals surface area contributed by atoms with Gasteiger partial charge in [0.25, 0.3) is 0 Å². The van der Waals surface area contributed by atoms with Crippen molar-refractivity contribution in [2.45, 2.75) is 46.0 Å². The van der Waals surface area contributed by atoms with Gasteiger partial charge in [0, 0.05) is 42.2 Å². The molecular formula is C19H28N4O2S. The molecule has 4 rings (SSSR count). The summed E-state index contributed by atoms with van der Waals surface area (Å²) in [5, 5.41) is 9.77. The van der Waals surface area contributed by atoms with Crippen LogP contribution in [0.15, 0.2) is 0 Å². The van der Waals surface area contributed by atoms with E-state index in [0.717, 1.165) is 49.8 Å². The first-order chi connectivity index (χ1) is 12.1. The van der Waals surface area contributed by atoms with Gasteiger partial charge in [-0.2, -0.15) is 0 Å². The van der Waals surface area contributed by atoms with E-state index in [1.807, 2.05) is 0 Å². The molecule has 2 aromatic heterocycles. The Kier molecular flexibility index (Phi) is 3.90. The van der Waals surface area contributed by atoms with E-state index < -0.39 is 5.97 Å². The van der Waals surface area contributed by atoms with Gasteiger partial charge in [-0.25, -0.2) is 9.78 Å². The van der Waals surface area contributed by atoms with E-state index in [2.05, 4.69) is 53.9 Å². The SMILES string of the molecule is CN1CCN(c2c(C(=O)O)nc3sc4c(n23)CC(C)(C)CC4(C)C)CC1. The summed E-state index contributed by atoms with van der Waals surface area (Å²) in [5.41, 5.74) is 1.74. The van der Waals surface area contributed by atoms with Crippen LogP contribution >= 0.6 is 11.3 Å². The molecule has 7 heteroatoms. The molecule has 0 unspecified atom stereocenters. The number of aromatic carboxylic acids is 1. The predicted octanol–water partition coefficient (Wildman–Crippen LogP) is 3.10. The number of nitrogens with zero attached hydrogens (tertiary/aromatic N) is 4. The number of anilines is 1. The number of aromatic nitrogens is 2. The maximum absolute atomic E-state index is 11.9. The van der Waals surface area contributed by atoms with Gasteiger partial charge in [-0.15, -0.1) is 11.3 Å². The highest BCUT2D eigenvalue weighted by Gasteiger charge is 2.42. The third kappa shape index (κ3) is 2.72.